The van der Waals surface area contributed by atoms with Crippen LogP contribution >= 0.6 is 0 Å². The van der Waals surface area contributed by atoms with E-state index in [1.54, 1.807) is 36.1 Å². The number of aliphatic hydroxyl groups excluding tert-OH is 4. The van der Waals surface area contributed by atoms with Gasteiger partial charge in [0.15, 0.2) is 0 Å². The van der Waals surface area contributed by atoms with E-state index in [0.29, 0.717) is 17.9 Å². The van der Waals surface area contributed by atoms with Crippen molar-refractivity contribution in [1.29, 1.82) is 0 Å². The molecular formula is C17H25NO7. The third kappa shape index (κ3) is 4.68. The first kappa shape index (κ1) is 19.6. The Morgan fingerprint density at radius 3 is 2.64 bits per heavy atom. The van der Waals surface area contributed by atoms with Crippen LogP contribution in [0.15, 0.2) is 24.3 Å². The number of nitrogens with zero attached hydrogens (tertiary/aromatic N) is 1. The van der Waals surface area contributed by atoms with Crippen LogP contribution in [-0.2, 0) is 4.74 Å². The van der Waals surface area contributed by atoms with Gasteiger partial charge in [-0.3, -0.25) is 4.90 Å². The van der Waals surface area contributed by atoms with Gasteiger partial charge in [-0.05, 0) is 19.1 Å². The Labute approximate surface area is 146 Å². The molecule has 1 aromatic rings. The van der Waals surface area contributed by atoms with Crippen molar-refractivity contribution < 1.29 is 34.7 Å². The average molecular weight is 355 g/mol. The number of hydrogen-bond acceptors (Lipinski definition) is 8. The third-order valence-electron chi connectivity index (χ3n) is 4.23. The highest BCUT2D eigenvalue weighted by Gasteiger charge is 2.40. The second kappa shape index (κ2) is 9.12. The number of rotatable bonds is 7. The summed E-state index contributed by atoms with van der Waals surface area (Å²) in [5.41, 5.74) is 0.317. The number of esters is 1. The predicted octanol–water partition coefficient (Wildman–Crippen LogP) is -0.999. The number of para-hydroxylation sites is 1. The second-order valence-electron chi connectivity index (χ2n) is 5.86. The van der Waals surface area contributed by atoms with Crippen molar-refractivity contribution in [3.05, 3.63) is 29.8 Å². The largest absolute Gasteiger partial charge is 0.491 e. The molecule has 2 rings (SSSR count). The minimum Gasteiger partial charge on any atom is -0.491 e. The number of aliphatic hydroxyl groups is 4. The van der Waals surface area contributed by atoms with E-state index in [1.165, 1.54) is 0 Å². The molecule has 140 valence electrons. The number of β-amino-alcohol motifs (C(OH)–C–C–N with tert-alkyl or cyclic N) is 1. The molecule has 8 nitrogen and oxygen atoms in total. The lowest BCUT2D eigenvalue weighted by Crippen LogP contribution is -2.63. The fourth-order valence-electron chi connectivity index (χ4n) is 2.88. The molecule has 4 N–H and O–H groups in total. The van der Waals surface area contributed by atoms with E-state index in [9.17, 15) is 25.2 Å². The summed E-state index contributed by atoms with van der Waals surface area (Å²) >= 11 is 0. The molecule has 0 aromatic heterocycles. The van der Waals surface area contributed by atoms with Crippen LogP contribution < -0.4 is 4.74 Å². The monoisotopic (exact) mass is 355 g/mol. The maximum absolute atomic E-state index is 11.9. The maximum Gasteiger partial charge on any atom is 0.341 e. The average Bonchev–Trinajstić information content (AvgIpc) is 2.60. The molecule has 1 aliphatic rings. The molecule has 0 saturated carbocycles. The fraction of sp³-hybridized carbons (Fsp3) is 0.588. The number of ether oxygens (including phenoxy) is 2. The van der Waals surface area contributed by atoms with Crippen molar-refractivity contribution in [1.82, 2.24) is 4.90 Å². The molecule has 1 heterocycles. The smallest absolute Gasteiger partial charge is 0.341 e. The fourth-order valence-corrected chi connectivity index (χ4v) is 2.88. The van der Waals surface area contributed by atoms with Crippen molar-refractivity contribution in [2.75, 3.05) is 32.9 Å². The number of piperidine rings is 1. The second-order valence-corrected chi connectivity index (χ2v) is 5.86. The Bertz CT molecular complexity index is 568. The van der Waals surface area contributed by atoms with Gasteiger partial charge in [0.2, 0.25) is 0 Å². The highest BCUT2D eigenvalue weighted by molar-refractivity contribution is 5.92. The molecule has 0 amide bonds. The van der Waals surface area contributed by atoms with E-state index >= 15 is 0 Å². The molecule has 25 heavy (non-hydrogen) atoms. The third-order valence-corrected chi connectivity index (χ3v) is 4.23. The number of benzene rings is 1. The van der Waals surface area contributed by atoms with E-state index in [0.717, 1.165) is 0 Å². The molecule has 0 unspecified atom stereocenters. The molecule has 1 fully saturated rings. The summed E-state index contributed by atoms with van der Waals surface area (Å²) in [5, 5.41) is 38.9. The SMILES string of the molecule is CCOC(=O)c1ccccc1OCCN1C[C@H](O)[C@@H](O)[C@H](O)[C@H]1CO. The first-order chi connectivity index (χ1) is 12.0. The predicted molar refractivity (Wildman–Crippen MR) is 88.4 cm³/mol. The number of likely N-dealkylation sites (tertiary alicyclic amines) is 1. The summed E-state index contributed by atoms with van der Waals surface area (Å²) in [4.78, 5) is 13.6. The van der Waals surface area contributed by atoms with Crippen LogP contribution in [0.5, 0.6) is 5.75 Å². The first-order valence-electron chi connectivity index (χ1n) is 8.27. The van der Waals surface area contributed by atoms with Crippen LogP contribution in [0.25, 0.3) is 0 Å². The van der Waals surface area contributed by atoms with Gasteiger partial charge in [0.05, 0.1) is 25.4 Å². The summed E-state index contributed by atoms with van der Waals surface area (Å²) in [7, 11) is 0. The number of hydrogen-bond donors (Lipinski definition) is 4. The minimum absolute atomic E-state index is 0.104. The zero-order valence-electron chi connectivity index (χ0n) is 14.1. The standard InChI is InChI=1S/C17H25NO7/c1-2-24-17(23)11-5-3-4-6-14(11)25-8-7-18-9-13(20)16(22)15(21)12(18)10-19/h3-6,12-13,15-16,19-22H,2,7-10H2,1H3/t12-,13+,15-,16-/m1/s1. The maximum atomic E-state index is 11.9. The van der Waals surface area contributed by atoms with Crippen LogP contribution in [0.2, 0.25) is 0 Å². The van der Waals surface area contributed by atoms with Gasteiger partial charge in [0.25, 0.3) is 0 Å². The van der Waals surface area contributed by atoms with E-state index in [-0.39, 0.29) is 26.4 Å². The Kier molecular flexibility index (Phi) is 7.15. The lowest BCUT2D eigenvalue weighted by molar-refractivity contribution is -0.146. The summed E-state index contributed by atoms with van der Waals surface area (Å²) in [6.07, 6.45) is -3.65. The molecule has 1 saturated heterocycles. The quantitative estimate of drug-likeness (QED) is 0.460. The van der Waals surface area contributed by atoms with Crippen molar-refractivity contribution in [3.63, 3.8) is 0 Å². The summed E-state index contributed by atoms with van der Waals surface area (Å²) in [5.74, 6) is -0.0992. The van der Waals surface area contributed by atoms with Crippen LogP contribution in [0.1, 0.15) is 17.3 Å². The van der Waals surface area contributed by atoms with Gasteiger partial charge in [0, 0.05) is 13.1 Å². The highest BCUT2D eigenvalue weighted by atomic mass is 16.5. The van der Waals surface area contributed by atoms with Crippen molar-refractivity contribution in [2.24, 2.45) is 0 Å². The van der Waals surface area contributed by atoms with E-state index < -0.39 is 30.3 Å². The van der Waals surface area contributed by atoms with Crippen LogP contribution in [0.4, 0.5) is 0 Å². The molecule has 0 aliphatic carbocycles. The molecule has 1 aromatic carbocycles. The van der Waals surface area contributed by atoms with E-state index in [2.05, 4.69) is 0 Å². The van der Waals surface area contributed by atoms with Gasteiger partial charge in [-0.2, -0.15) is 0 Å². The summed E-state index contributed by atoms with van der Waals surface area (Å²) < 4.78 is 10.6. The van der Waals surface area contributed by atoms with Crippen molar-refractivity contribution >= 4 is 5.97 Å². The number of carbonyl (C=O) groups is 1. The highest BCUT2D eigenvalue weighted by Crippen LogP contribution is 2.21. The van der Waals surface area contributed by atoms with Gasteiger partial charge in [-0.1, -0.05) is 12.1 Å². The Balaban J connectivity index is 1.97. The molecule has 1 aliphatic heterocycles. The lowest BCUT2D eigenvalue weighted by atomic mass is 9.94. The molecule has 8 heteroatoms. The number of carbonyl (C=O) groups excluding carboxylic acids is 1. The molecule has 0 radical (unpaired) electrons. The molecule has 4 atom stereocenters. The first-order valence-corrected chi connectivity index (χ1v) is 8.27. The normalized spacial score (nSPS) is 27.1. The summed E-state index contributed by atoms with van der Waals surface area (Å²) in [6, 6.07) is 6.01. The topological polar surface area (TPSA) is 120 Å². The van der Waals surface area contributed by atoms with E-state index in [4.69, 9.17) is 9.47 Å². The van der Waals surface area contributed by atoms with Gasteiger partial charge < -0.3 is 29.9 Å². The van der Waals surface area contributed by atoms with Crippen LogP contribution in [0, 0.1) is 0 Å². The van der Waals surface area contributed by atoms with Crippen molar-refractivity contribution in [2.45, 2.75) is 31.3 Å². The van der Waals surface area contributed by atoms with Crippen LogP contribution in [0.3, 0.4) is 0 Å². The lowest BCUT2D eigenvalue weighted by Gasteiger charge is -2.42. The van der Waals surface area contributed by atoms with Crippen LogP contribution in [-0.4, -0.2) is 88.6 Å². The van der Waals surface area contributed by atoms with Crippen molar-refractivity contribution in [3.8, 4) is 5.75 Å². The summed E-state index contributed by atoms with van der Waals surface area (Å²) in [6.45, 7) is 2.19. The molecule has 0 spiro atoms. The van der Waals surface area contributed by atoms with Gasteiger partial charge in [-0.15, -0.1) is 0 Å². The molecular weight excluding hydrogens is 330 g/mol. The van der Waals surface area contributed by atoms with Gasteiger partial charge in [0.1, 0.15) is 30.1 Å². The Hall–Kier alpha value is -1.71. The molecule has 0 bridgehead atoms. The van der Waals surface area contributed by atoms with E-state index in [1.807, 2.05) is 0 Å². The minimum atomic E-state index is -1.29. The zero-order valence-corrected chi connectivity index (χ0v) is 14.1. The van der Waals surface area contributed by atoms with Gasteiger partial charge >= 0.3 is 5.97 Å². The Morgan fingerprint density at radius 2 is 1.96 bits per heavy atom. The van der Waals surface area contributed by atoms with Gasteiger partial charge in [-0.25, -0.2) is 4.79 Å². The Morgan fingerprint density at radius 1 is 1.24 bits per heavy atom. The zero-order chi connectivity index (χ0) is 18.4.